The molecule has 1 N–H and O–H groups in total. The number of thiol groups is 1. The molecule has 0 aliphatic heterocycles. The van der Waals surface area contributed by atoms with E-state index in [1.165, 1.54) is 30.5 Å². The maximum Gasteiger partial charge on any atom is 0.573 e. The minimum atomic E-state index is -4.77. The predicted octanol–water partition coefficient (Wildman–Crippen LogP) is 6.52. The first kappa shape index (κ1) is 23.1. The Labute approximate surface area is 191 Å². The van der Waals surface area contributed by atoms with Crippen LogP contribution in [0.4, 0.5) is 23.7 Å². The number of halogens is 5. The van der Waals surface area contributed by atoms with Gasteiger partial charge in [-0.1, -0.05) is 48.1 Å². The third-order valence-corrected chi connectivity index (χ3v) is 5.24. The molecule has 0 aliphatic rings. The number of hydrogen-bond acceptors (Lipinski definition) is 4. The zero-order valence-corrected chi connectivity index (χ0v) is 17.9. The van der Waals surface area contributed by atoms with E-state index in [2.05, 4.69) is 27.9 Å². The number of alkyl halides is 3. The van der Waals surface area contributed by atoms with Gasteiger partial charge in [0.05, 0.1) is 21.4 Å². The molecule has 31 heavy (non-hydrogen) atoms. The molecule has 0 unspecified atom stereocenters. The molecule has 3 rings (SSSR count). The number of ether oxygens (including phenoxy) is 1. The Hall–Kier alpha value is -2.62. The SMILES string of the molecule is O=C(NCc1cccnc1-c1ccc(OC(F)(F)F)cc1)N(S)c1cccc(Cl)c1Cl. The zero-order valence-electron chi connectivity index (χ0n) is 15.5. The summed E-state index contributed by atoms with van der Waals surface area (Å²) in [5.41, 5.74) is 1.99. The van der Waals surface area contributed by atoms with Gasteiger partial charge >= 0.3 is 12.4 Å². The van der Waals surface area contributed by atoms with Gasteiger partial charge in [0, 0.05) is 18.3 Å². The molecule has 0 saturated heterocycles. The van der Waals surface area contributed by atoms with Crippen LogP contribution in [0.2, 0.25) is 10.0 Å². The van der Waals surface area contributed by atoms with Gasteiger partial charge in [-0.05, 0) is 48.0 Å². The lowest BCUT2D eigenvalue weighted by Gasteiger charge is -2.19. The fourth-order valence-corrected chi connectivity index (χ4v) is 3.34. The summed E-state index contributed by atoms with van der Waals surface area (Å²) in [5.74, 6) is -0.342. The molecule has 0 saturated carbocycles. The Kier molecular flexibility index (Phi) is 7.19. The van der Waals surface area contributed by atoms with Crippen molar-refractivity contribution in [3.05, 3.63) is 76.4 Å². The number of anilines is 1. The minimum absolute atomic E-state index is 0.0814. The number of aromatic nitrogens is 1. The van der Waals surface area contributed by atoms with E-state index in [0.29, 0.717) is 22.5 Å². The number of rotatable bonds is 5. The molecule has 0 aliphatic carbocycles. The summed E-state index contributed by atoms with van der Waals surface area (Å²) in [6.45, 7) is 0.0814. The highest BCUT2D eigenvalue weighted by molar-refractivity contribution is 7.82. The average molecular weight is 488 g/mol. The fourth-order valence-electron chi connectivity index (χ4n) is 2.67. The van der Waals surface area contributed by atoms with Crippen molar-refractivity contribution in [3.63, 3.8) is 0 Å². The predicted molar refractivity (Wildman–Crippen MR) is 117 cm³/mol. The minimum Gasteiger partial charge on any atom is -0.406 e. The number of urea groups is 1. The number of carbonyl (C=O) groups excluding carboxylic acids is 1. The summed E-state index contributed by atoms with van der Waals surface area (Å²) in [7, 11) is 0. The molecule has 1 aromatic heterocycles. The highest BCUT2D eigenvalue weighted by atomic mass is 35.5. The molecule has 5 nitrogen and oxygen atoms in total. The largest absolute Gasteiger partial charge is 0.573 e. The second-order valence-corrected chi connectivity index (χ2v) is 7.31. The van der Waals surface area contributed by atoms with Crippen LogP contribution in [-0.4, -0.2) is 17.4 Å². The molecular weight excluding hydrogens is 474 g/mol. The lowest BCUT2D eigenvalue weighted by molar-refractivity contribution is -0.274. The van der Waals surface area contributed by atoms with Gasteiger partial charge < -0.3 is 10.1 Å². The third-order valence-electron chi connectivity index (χ3n) is 4.03. The van der Waals surface area contributed by atoms with Gasteiger partial charge in [-0.2, -0.15) is 0 Å². The van der Waals surface area contributed by atoms with Crippen molar-refractivity contribution in [3.8, 4) is 17.0 Å². The molecule has 0 radical (unpaired) electrons. The second kappa shape index (κ2) is 9.67. The molecule has 2 amide bonds. The van der Waals surface area contributed by atoms with Crippen molar-refractivity contribution in [2.24, 2.45) is 0 Å². The Morgan fingerprint density at radius 2 is 1.81 bits per heavy atom. The summed E-state index contributed by atoms with van der Waals surface area (Å²) in [4.78, 5) is 16.8. The molecule has 0 fully saturated rings. The highest BCUT2D eigenvalue weighted by Gasteiger charge is 2.31. The fraction of sp³-hybridized carbons (Fsp3) is 0.100. The first-order chi connectivity index (χ1) is 14.7. The maximum atomic E-state index is 12.5. The second-order valence-electron chi connectivity index (χ2n) is 6.13. The zero-order chi connectivity index (χ0) is 22.6. The molecule has 162 valence electrons. The summed E-state index contributed by atoms with van der Waals surface area (Å²) in [5, 5.41) is 3.15. The number of amides is 2. The first-order valence-corrected chi connectivity index (χ1v) is 9.82. The van der Waals surface area contributed by atoms with Gasteiger partial charge in [-0.3, -0.25) is 4.98 Å². The smallest absolute Gasteiger partial charge is 0.406 e. The van der Waals surface area contributed by atoms with Crippen LogP contribution in [0.15, 0.2) is 60.8 Å². The van der Waals surface area contributed by atoms with Crippen LogP contribution in [0.5, 0.6) is 5.75 Å². The van der Waals surface area contributed by atoms with Crippen LogP contribution in [-0.2, 0) is 6.54 Å². The van der Waals surface area contributed by atoms with Gasteiger partial charge in [0.25, 0.3) is 0 Å². The van der Waals surface area contributed by atoms with E-state index < -0.39 is 12.4 Å². The molecule has 1 heterocycles. The van der Waals surface area contributed by atoms with Crippen molar-refractivity contribution >= 4 is 47.7 Å². The number of pyridine rings is 1. The standard InChI is InChI=1S/C20H14Cl2F3N3O2S/c21-15-4-1-5-16(17(15)22)28(31)19(29)27-11-13-3-2-10-26-18(13)12-6-8-14(9-7-12)30-20(23,24)25/h1-10,31H,11H2,(H,27,29). The van der Waals surface area contributed by atoms with Crippen molar-refractivity contribution < 1.29 is 22.7 Å². The van der Waals surface area contributed by atoms with E-state index in [9.17, 15) is 18.0 Å². The van der Waals surface area contributed by atoms with E-state index in [1.54, 1.807) is 30.3 Å². The Morgan fingerprint density at radius 3 is 2.48 bits per heavy atom. The van der Waals surface area contributed by atoms with Gasteiger partial charge in [0.2, 0.25) is 0 Å². The number of hydrogen-bond donors (Lipinski definition) is 2. The highest BCUT2D eigenvalue weighted by Crippen LogP contribution is 2.33. The molecular formula is C20H14Cl2F3N3O2S. The molecule has 0 bridgehead atoms. The number of carbonyl (C=O) groups is 1. The topological polar surface area (TPSA) is 54.5 Å². The van der Waals surface area contributed by atoms with E-state index in [-0.39, 0.29) is 22.3 Å². The lowest BCUT2D eigenvalue weighted by atomic mass is 10.1. The summed E-state index contributed by atoms with van der Waals surface area (Å²) in [6, 6.07) is 12.9. The Balaban J connectivity index is 1.74. The quantitative estimate of drug-likeness (QED) is 0.403. The number of nitrogens with one attached hydrogen (secondary N) is 1. The first-order valence-electron chi connectivity index (χ1n) is 8.66. The molecule has 11 heteroatoms. The molecule has 2 aromatic carbocycles. The van der Waals surface area contributed by atoms with E-state index >= 15 is 0 Å². The maximum absolute atomic E-state index is 12.5. The van der Waals surface area contributed by atoms with Crippen LogP contribution < -0.4 is 14.4 Å². The van der Waals surface area contributed by atoms with Gasteiger partial charge in [0.15, 0.2) is 0 Å². The van der Waals surface area contributed by atoms with E-state index in [0.717, 1.165) is 4.31 Å². The van der Waals surface area contributed by atoms with E-state index in [1.807, 2.05) is 0 Å². The summed E-state index contributed by atoms with van der Waals surface area (Å²) < 4.78 is 41.9. The van der Waals surface area contributed by atoms with Crippen LogP contribution in [0.25, 0.3) is 11.3 Å². The molecule has 0 atom stereocenters. The van der Waals surface area contributed by atoms with Crippen LogP contribution in [0, 0.1) is 0 Å². The monoisotopic (exact) mass is 487 g/mol. The van der Waals surface area contributed by atoms with Crippen molar-refractivity contribution in [2.45, 2.75) is 12.9 Å². The van der Waals surface area contributed by atoms with Crippen LogP contribution in [0.3, 0.4) is 0 Å². The van der Waals surface area contributed by atoms with Crippen molar-refractivity contribution in [2.75, 3.05) is 4.31 Å². The normalized spacial score (nSPS) is 11.2. The average Bonchev–Trinajstić information content (AvgIpc) is 2.73. The van der Waals surface area contributed by atoms with Crippen molar-refractivity contribution in [1.29, 1.82) is 0 Å². The third kappa shape index (κ3) is 5.96. The number of benzene rings is 2. The van der Waals surface area contributed by atoms with Gasteiger partial charge in [-0.25, -0.2) is 9.10 Å². The lowest BCUT2D eigenvalue weighted by Crippen LogP contribution is -2.33. The van der Waals surface area contributed by atoms with Gasteiger partial charge in [-0.15, -0.1) is 13.2 Å². The molecule has 0 spiro atoms. The molecule has 3 aromatic rings. The van der Waals surface area contributed by atoms with Gasteiger partial charge in [0.1, 0.15) is 5.75 Å². The van der Waals surface area contributed by atoms with Crippen molar-refractivity contribution in [1.82, 2.24) is 10.3 Å². The van der Waals surface area contributed by atoms with Crippen LogP contribution >= 0.6 is 36.0 Å². The summed E-state index contributed by atoms with van der Waals surface area (Å²) >= 11 is 16.3. The number of nitrogens with zero attached hydrogens (tertiary/aromatic N) is 2. The van der Waals surface area contributed by atoms with Crippen LogP contribution in [0.1, 0.15) is 5.56 Å². The Bertz CT molecular complexity index is 1080. The summed E-state index contributed by atoms with van der Waals surface area (Å²) in [6.07, 6.45) is -3.23. The Morgan fingerprint density at radius 1 is 1.10 bits per heavy atom. The van der Waals surface area contributed by atoms with E-state index in [4.69, 9.17) is 23.2 Å².